The van der Waals surface area contributed by atoms with Gasteiger partial charge < -0.3 is 10.2 Å². The molecule has 1 N–H and O–H groups in total. The van der Waals surface area contributed by atoms with Crippen LogP contribution in [-0.4, -0.2) is 68.3 Å². The lowest BCUT2D eigenvalue weighted by molar-refractivity contribution is -0.149. The number of hydrogen-bond donors (Lipinski definition) is 1. The van der Waals surface area contributed by atoms with Gasteiger partial charge in [-0.25, -0.2) is 0 Å². The highest BCUT2D eigenvalue weighted by Gasteiger charge is 2.31. The van der Waals surface area contributed by atoms with Crippen LogP contribution in [0.25, 0.3) is 0 Å². The zero-order chi connectivity index (χ0) is 14.8. The van der Waals surface area contributed by atoms with Crippen molar-refractivity contribution >= 4 is 0 Å². The molecule has 1 fully saturated rings. The second-order valence-corrected chi connectivity index (χ2v) is 5.50. The van der Waals surface area contributed by atoms with Crippen LogP contribution in [0.3, 0.4) is 0 Å². The van der Waals surface area contributed by atoms with Gasteiger partial charge in [0.15, 0.2) is 0 Å². The van der Waals surface area contributed by atoms with Gasteiger partial charge in [0, 0.05) is 26.2 Å². The van der Waals surface area contributed by atoms with Gasteiger partial charge >= 0.3 is 6.18 Å². The van der Waals surface area contributed by atoms with Crippen molar-refractivity contribution in [2.45, 2.75) is 38.8 Å². The van der Waals surface area contributed by atoms with Gasteiger partial charge in [-0.15, -0.1) is 0 Å². The van der Waals surface area contributed by atoms with Crippen LogP contribution in [0.1, 0.15) is 32.6 Å². The number of nitrogens with zero attached hydrogens (tertiary/aromatic N) is 2. The minimum absolute atomic E-state index is 0.542. The van der Waals surface area contributed by atoms with Crippen molar-refractivity contribution in [2.24, 2.45) is 0 Å². The maximum absolute atomic E-state index is 12.3. The molecular weight excluding hydrogens is 267 g/mol. The fourth-order valence-corrected chi connectivity index (χ4v) is 2.54. The summed E-state index contributed by atoms with van der Waals surface area (Å²) < 4.78 is 36.8. The van der Waals surface area contributed by atoms with E-state index in [2.05, 4.69) is 17.1 Å². The van der Waals surface area contributed by atoms with Crippen LogP contribution < -0.4 is 5.32 Å². The van der Waals surface area contributed by atoms with E-state index in [1.54, 1.807) is 0 Å². The number of hydrogen-bond acceptors (Lipinski definition) is 3. The standard InChI is InChI=1S/C14H28F3N3/c1-2-18-7-5-3-4-6-8-19-9-11-20(12-10-19)13-14(15,16)17/h18H,2-13H2,1H3. The summed E-state index contributed by atoms with van der Waals surface area (Å²) in [6, 6.07) is 0. The van der Waals surface area contributed by atoms with Crippen LogP contribution in [0, 0.1) is 0 Å². The van der Waals surface area contributed by atoms with Crippen LogP contribution in [0.2, 0.25) is 0 Å². The van der Waals surface area contributed by atoms with E-state index in [4.69, 9.17) is 0 Å². The molecule has 0 aliphatic carbocycles. The average Bonchev–Trinajstić information content (AvgIpc) is 2.38. The fourth-order valence-electron chi connectivity index (χ4n) is 2.54. The molecule has 0 aromatic carbocycles. The largest absolute Gasteiger partial charge is 0.401 e. The van der Waals surface area contributed by atoms with E-state index in [0.29, 0.717) is 13.1 Å². The summed E-state index contributed by atoms with van der Waals surface area (Å²) >= 11 is 0. The Morgan fingerprint density at radius 3 is 2.10 bits per heavy atom. The molecule has 0 spiro atoms. The third-order valence-corrected chi connectivity index (χ3v) is 3.70. The van der Waals surface area contributed by atoms with Crippen molar-refractivity contribution in [3.05, 3.63) is 0 Å². The Labute approximate surface area is 120 Å². The van der Waals surface area contributed by atoms with Crippen LogP contribution in [0.4, 0.5) is 13.2 Å². The SMILES string of the molecule is CCNCCCCCCN1CCN(CC(F)(F)F)CC1. The molecule has 0 aromatic rings. The number of unbranched alkanes of at least 4 members (excludes halogenated alkanes) is 3. The van der Waals surface area contributed by atoms with Crippen molar-refractivity contribution in [1.82, 2.24) is 15.1 Å². The zero-order valence-corrected chi connectivity index (χ0v) is 12.5. The summed E-state index contributed by atoms with van der Waals surface area (Å²) in [6.07, 6.45) is 0.766. The van der Waals surface area contributed by atoms with Gasteiger partial charge in [0.05, 0.1) is 6.54 Å². The Morgan fingerprint density at radius 1 is 0.900 bits per heavy atom. The predicted octanol–water partition coefficient (Wildman–Crippen LogP) is 2.34. The summed E-state index contributed by atoms with van der Waals surface area (Å²) in [7, 11) is 0. The average molecular weight is 295 g/mol. The van der Waals surface area contributed by atoms with E-state index in [9.17, 15) is 13.2 Å². The first kappa shape index (κ1) is 17.7. The van der Waals surface area contributed by atoms with Crippen molar-refractivity contribution in [2.75, 3.05) is 52.4 Å². The summed E-state index contributed by atoms with van der Waals surface area (Å²) in [4.78, 5) is 3.80. The molecule has 120 valence electrons. The summed E-state index contributed by atoms with van der Waals surface area (Å²) in [5, 5.41) is 3.30. The normalized spacial score (nSPS) is 18.6. The topological polar surface area (TPSA) is 18.5 Å². The lowest BCUT2D eigenvalue weighted by Gasteiger charge is -2.34. The number of rotatable bonds is 9. The molecule has 6 heteroatoms. The van der Waals surface area contributed by atoms with Crippen LogP contribution >= 0.6 is 0 Å². The molecule has 0 amide bonds. The van der Waals surface area contributed by atoms with Crippen molar-refractivity contribution < 1.29 is 13.2 Å². The minimum atomic E-state index is -4.06. The highest BCUT2D eigenvalue weighted by molar-refractivity contribution is 4.73. The van der Waals surface area contributed by atoms with Crippen LogP contribution in [0.5, 0.6) is 0 Å². The van der Waals surface area contributed by atoms with Crippen molar-refractivity contribution in [1.29, 1.82) is 0 Å². The minimum Gasteiger partial charge on any atom is -0.317 e. The maximum Gasteiger partial charge on any atom is 0.401 e. The van der Waals surface area contributed by atoms with E-state index in [-0.39, 0.29) is 0 Å². The van der Waals surface area contributed by atoms with Crippen LogP contribution in [-0.2, 0) is 0 Å². The zero-order valence-electron chi connectivity index (χ0n) is 12.5. The molecule has 1 aliphatic heterocycles. The molecule has 0 bridgehead atoms. The van der Waals surface area contributed by atoms with Gasteiger partial charge in [-0.05, 0) is 32.5 Å². The predicted molar refractivity (Wildman–Crippen MR) is 75.9 cm³/mol. The molecule has 1 heterocycles. The third-order valence-electron chi connectivity index (χ3n) is 3.70. The lowest BCUT2D eigenvalue weighted by Crippen LogP contribution is -2.49. The van der Waals surface area contributed by atoms with E-state index in [1.807, 2.05) is 0 Å². The highest BCUT2D eigenvalue weighted by Crippen LogP contribution is 2.17. The molecular formula is C14H28F3N3. The van der Waals surface area contributed by atoms with Crippen LogP contribution in [0.15, 0.2) is 0 Å². The number of halogens is 3. The fraction of sp³-hybridized carbons (Fsp3) is 1.00. The first-order valence-electron chi connectivity index (χ1n) is 7.73. The Balaban J connectivity index is 1.97. The molecule has 0 radical (unpaired) electrons. The molecule has 20 heavy (non-hydrogen) atoms. The highest BCUT2D eigenvalue weighted by atomic mass is 19.4. The molecule has 1 saturated heterocycles. The molecule has 1 aliphatic rings. The van der Waals surface area contributed by atoms with Crippen molar-refractivity contribution in [3.63, 3.8) is 0 Å². The number of nitrogens with one attached hydrogen (secondary N) is 1. The Morgan fingerprint density at radius 2 is 1.50 bits per heavy atom. The van der Waals surface area contributed by atoms with E-state index >= 15 is 0 Å². The number of piperazine rings is 1. The molecule has 0 atom stereocenters. The Kier molecular flexibility index (Phi) is 8.49. The van der Waals surface area contributed by atoms with Gasteiger partial charge in [-0.3, -0.25) is 4.90 Å². The van der Waals surface area contributed by atoms with E-state index in [0.717, 1.165) is 39.1 Å². The van der Waals surface area contributed by atoms with Gasteiger partial charge in [0.1, 0.15) is 0 Å². The molecule has 0 saturated carbocycles. The van der Waals surface area contributed by atoms with E-state index < -0.39 is 12.7 Å². The van der Waals surface area contributed by atoms with E-state index in [1.165, 1.54) is 24.2 Å². The summed E-state index contributed by atoms with van der Waals surface area (Å²) in [6.45, 7) is 7.13. The quantitative estimate of drug-likeness (QED) is 0.659. The smallest absolute Gasteiger partial charge is 0.317 e. The van der Waals surface area contributed by atoms with Gasteiger partial charge in [0.2, 0.25) is 0 Å². The number of alkyl halides is 3. The summed E-state index contributed by atoms with van der Waals surface area (Å²) in [5.41, 5.74) is 0. The first-order valence-corrected chi connectivity index (χ1v) is 7.73. The van der Waals surface area contributed by atoms with Crippen molar-refractivity contribution in [3.8, 4) is 0 Å². The maximum atomic E-state index is 12.3. The molecule has 0 aromatic heterocycles. The third kappa shape index (κ3) is 8.76. The monoisotopic (exact) mass is 295 g/mol. The lowest BCUT2D eigenvalue weighted by atomic mass is 10.2. The Bertz CT molecular complexity index is 238. The first-order chi connectivity index (χ1) is 9.51. The second kappa shape index (κ2) is 9.58. The summed E-state index contributed by atoms with van der Waals surface area (Å²) in [5.74, 6) is 0. The van der Waals surface area contributed by atoms with Gasteiger partial charge in [0.25, 0.3) is 0 Å². The second-order valence-electron chi connectivity index (χ2n) is 5.50. The van der Waals surface area contributed by atoms with Gasteiger partial charge in [-0.1, -0.05) is 19.8 Å². The molecule has 0 unspecified atom stereocenters. The van der Waals surface area contributed by atoms with Gasteiger partial charge in [-0.2, -0.15) is 13.2 Å². The Hall–Kier alpha value is -0.330. The molecule has 3 nitrogen and oxygen atoms in total. The molecule has 1 rings (SSSR count).